The van der Waals surface area contributed by atoms with Crippen molar-refractivity contribution in [1.82, 2.24) is 14.9 Å². The van der Waals surface area contributed by atoms with E-state index < -0.39 is 17.4 Å². The summed E-state index contributed by atoms with van der Waals surface area (Å²) in [7, 11) is 0. The van der Waals surface area contributed by atoms with Crippen molar-refractivity contribution in [2.75, 3.05) is 4.90 Å². The number of para-hydroxylation sites is 2. The van der Waals surface area contributed by atoms with Crippen LogP contribution in [0.15, 0.2) is 71.5 Å². The van der Waals surface area contributed by atoms with Crippen LogP contribution < -0.4 is 15.8 Å². The van der Waals surface area contributed by atoms with Gasteiger partial charge in [-0.05, 0) is 67.6 Å². The zero-order chi connectivity index (χ0) is 27.2. The summed E-state index contributed by atoms with van der Waals surface area (Å²) in [6, 6.07) is 20.6. The molecule has 3 aliphatic rings. The Kier molecular flexibility index (Phi) is 5.04. The topological polar surface area (TPSA) is 84.3 Å². The fourth-order valence-corrected chi connectivity index (χ4v) is 7.26. The third-order valence-electron chi connectivity index (χ3n) is 8.55. The number of nitrogens with one attached hydrogen (secondary N) is 1. The van der Waals surface area contributed by atoms with Crippen LogP contribution in [-0.4, -0.2) is 27.4 Å². The molecule has 0 aliphatic carbocycles. The van der Waals surface area contributed by atoms with Crippen molar-refractivity contribution in [1.29, 1.82) is 0 Å². The van der Waals surface area contributed by atoms with E-state index in [0.717, 1.165) is 16.7 Å². The normalized spacial score (nSPS) is 25.2. The van der Waals surface area contributed by atoms with Gasteiger partial charge in [0, 0.05) is 11.6 Å². The van der Waals surface area contributed by atoms with Gasteiger partial charge in [0.15, 0.2) is 0 Å². The zero-order valence-electron chi connectivity index (χ0n) is 22.4. The lowest BCUT2D eigenvalue weighted by molar-refractivity contribution is -0.123. The second-order valence-electron chi connectivity index (χ2n) is 11.7. The van der Waals surface area contributed by atoms with E-state index >= 15 is 0 Å². The molecule has 1 aromatic heterocycles. The molecule has 2 amide bonds. The minimum atomic E-state index is -1.11. The summed E-state index contributed by atoms with van der Waals surface area (Å²) < 4.78 is 1.65. The molecule has 2 saturated heterocycles. The van der Waals surface area contributed by atoms with E-state index in [9.17, 15) is 14.4 Å². The molecule has 196 valence electrons. The fourth-order valence-electron chi connectivity index (χ4n) is 7.26. The molecular weight excluding hydrogens is 488 g/mol. The molecule has 3 aromatic carbocycles. The summed E-state index contributed by atoms with van der Waals surface area (Å²) in [4.78, 5) is 49.1. The van der Waals surface area contributed by atoms with Crippen molar-refractivity contribution in [2.24, 2.45) is 17.8 Å². The zero-order valence-corrected chi connectivity index (χ0v) is 22.4. The highest BCUT2D eigenvalue weighted by Crippen LogP contribution is 2.56. The SMILES string of the molecule is Cc1cc(C)cc(N2C(=O)[C@H]3[C@H](CC(C)C)N[C@@]4(c5ccccc5-n5c4nc4ccccc4c5=O)[C@H]3C2=O)c1. The molecule has 7 rings (SSSR count). The first-order valence-electron chi connectivity index (χ1n) is 13.6. The highest BCUT2D eigenvalue weighted by atomic mass is 16.2. The van der Waals surface area contributed by atoms with Crippen LogP contribution in [0, 0.1) is 31.6 Å². The monoisotopic (exact) mass is 518 g/mol. The van der Waals surface area contributed by atoms with Crippen molar-refractivity contribution in [3.8, 4) is 5.69 Å². The number of anilines is 1. The van der Waals surface area contributed by atoms with Gasteiger partial charge in [0.1, 0.15) is 11.4 Å². The minimum absolute atomic E-state index is 0.173. The van der Waals surface area contributed by atoms with Crippen LogP contribution in [0.1, 0.15) is 42.8 Å². The van der Waals surface area contributed by atoms with Crippen LogP contribution in [0.5, 0.6) is 0 Å². The van der Waals surface area contributed by atoms with E-state index in [2.05, 4.69) is 19.2 Å². The lowest BCUT2D eigenvalue weighted by Gasteiger charge is -2.32. The number of aromatic nitrogens is 2. The molecule has 1 N–H and O–H groups in total. The molecule has 4 heterocycles. The lowest BCUT2D eigenvalue weighted by Crippen LogP contribution is -2.50. The van der Waals surface area contributed by atoms with Crippen LogP contribution in [0.25, 0.3) is 16.6 Å². The van der Waals surface area contributed by atoms with Crippen LogP contribution >= 0.6 is 0 Å². The molecule has 3 aliphatic heterocycles. The molecule has 0 saturated carbocycles. The smallest absolute Gasteiger partial charge is 0.266 e. The summed E-state index contributed by atoms with van der Waals surface area (Å²) in [6.07, 6.45) is 0.711. The Morgan fingerprint density at radius 2 is 1.62 bits per heavy atom. The summed E-state index contributed by atoms with van der Waals surface area (Å²) in [5.74, 6) is -0.985. The molecule has 2 fully saturated rings. The Labute approximate surface area is 226 Å². The number of fused-ring (bicyclic) bond motifs is 8. The number of carbonyl (C=O) groups is 2. The molecule has 7 heteroatoms. The molecule has 4 atom stereocenters. The molecule has 0 bridgehead atoms. The summed E-state index contributed by atoms with van der Waals surface area (Å²) in [5.41, 5.74) is 3.40. The standard InChI is InChI=1S/C32H30N4O3/c1-17(2)13-24-26-27(30(39)35(29(26)38)20-15-18(3)14-19(4)16-20)32(34-24)22-10-6-8-12-25(22)36-28(37)21-9-5-7-11-23(21)33-31(32)36/h5-12,14-17,24,26-27,34H,13H2,1-4H3/t24-,26-,27+,32-/m0/s1. The third-order valence-corrected chi connectivity index (χ3v) is 8.55. The predicted molar refractivity (Wildman–Crippen MR) is 150 cm³/mol. The van der Waals surface area contributed by atoms with Crippen LogP contribution in [-0.2, 0) is 15.1 Å². The first-order valence-corrected chi connectivity index (χ1v) is 13.6. The quantitative estimate of drug-likeness (QED) is 0.407. The van der Waals surface area contributed by atoms with Crippen molar-refractivity contribution < 1.29 is 9.59 Å². The second kappa shape index (κ2) is 8.20. The van der Waals surface area contributed by atoms with Gasteiger partial charge in [0.05, 0.1) is 34.1 Å². The molecule has 0 radical (unpaired) electrons. The largest absolute Gasteiger partial charge is 0.297 e. The predicted octanol–water partition coefficient (Wildman–Crippen LogP) is 4.38. The van der Waals surface area contributed by atoms with Gasteiger partial charge in [-0.15, -0.1) is 0 Å². The lowest BCUT2D eigenvalue weighted by atomic mass is 9.75. The summed E-state index contributed by atoms with van der Waals surface area (Å²) in [5, 5.41) is 4.29. The average molecular weight is 519 g/mol. The number of nitrogens with zero attached hydrogens (tertiary/aromatic N) is 3. The van der Waals surface area contributed by atoms with Gasteiger partial charge in [-0.25, -0.2) is 9.88 Å². The maximum atomic E-state index is 14.5. The number of hydrogen-bond donors (Lipinski definition) is 1. The highest BCUT2D eigenvalue weighted by Gasteiger charge is 2.69. The van der Waals surface area contributed by atoms with Gasteiger partial charge < -0.3 is 0 Å². The van der Waals surface area contributed by atoms with Crippen LogP contribution in [0.4, 0.5) is 5.69 Å². The molecule has 4 aromatic rings. The average Bonchev–Trinajstić information content (AvgIpc) is 3.46. The van der Waals surface area contributed by atoms with E-state index in [1.807, 2.05) is 74.5 Å². The van der Waals surface area contributed by atoms with E-state index in [1.165, 1.54) is 4.90 Å². The Balaban J connectivity index is 1.52. The van der Waals surface area contributed by atoms with Crippen LogP contribution in [0.2, 0.25) is 0 Å². The van der Waals surface area contributed by atoms with E-state index in [1.54, 1.807) is 10.6 Å². The van der Waals surface area contributed by atoms with Gasteiger partial charge in [-0.1, -0.05) is 50.2 Å². The Morgan fingerprint density at radius 3 is 2.36 bits per heavy atom. The van der Waals surface area contributed by atoms with Gasteiger partial charge in [0.2, 0.25) is 11.8 Å². The molecular formula is C32H30N4O3. The molecule has 7 nitrogen and oxygen atoms in total. The molecule has 39 heavy (non-hydrogen) atoms. The number of hydrogen-bond acceptors (Lipinski definition) is 5. The van der Waals surface area contributed by atoms with Crippen LogP contribution in [0.3, 0.4) is 0 Å². The van der Waals surface area contributed by atoms with E-state index in [0.29, 0.717) is 40.4 Å². The first-order chi connectivity index (χ1) is 18.7. The van der Waals surface area contributed by atoms with Gasteiger partial charge in [-0.3, -0.25) is 24.3 Å². The number of rotatable bonds is 3. The molecule has 0 unspecified atom stereocenters. The minimum Gasteiger partial charge on any atom is -0.297 e. The maximum Gasteiger partial charge on any atom is 0.266 e. The van der Waals surface area contributed by atoms with Gasteiger partial charge in [0.25, 0.3) is 5.56 Å². The van der Waals surface area contributed by atoms with Gasteiger partial charge in [-0.2, -0.15) is 0 Å². The number of aryl methyl sites for hydroxylation is 2. The number of imide groups is 1. The van der Waals surface area contributed by atoms with Crippen molar-refractivity contribution in [2.45, 2.75) is 45.7 Å². The van der Waals surface area contributed by atoms with Crippen molar-refractivity contribution >= 4 is 28.4 Å². The third kappa shape index (κ3) is 3.13. The fraction of sp³-hybridized carbons (Fsp3) is 0.312. The number of amides is 2. The first kappa shape index (κ1) is 24.0. The van der Waals surface area contributed by atoms with E-state index in [4.69, 9.17) is 4.98 Å². The summed E-state index contributed by atoms with van der Waals surface area (Å²) in [6.45, 7) is 8.19. The maximum absolute atomic E-state index is 14.5. The highest BCUT2D eigenvalue weighted by molar-refractivity contribution is 6.23. The second-order valence-corrected chi connectivity index (χ2v) is 11.7. The van der Waals surface area contributed by atoms with E-state index in [-0.39, 0.29) is 23.4 Å². The summed E-state index contributed by atoms with van der Waals surface area (Å²) >= 11 is 0. The van der Waals surface area contributed by atoms with Crippen molar-refractivity contribution in [3.05, 3.63) is 99.6 Å². The Bertz CT molecular complexity index is 1750. The Hall–Kier alpha value is -4.10. The molecule has 1 spiro atoms. The number of benzene rings is 3. The number of carbonyl (C=O) groups excluding carboxylic acids is 2. The van der Waals surface area contributed by atoms with Crippen molar-refractivity contribution in [3.63, 3.8) is 0 Å². The van der Waals surface area contributed by atoms with Gasteiger partial charge >= 0.3 is 0 Å². The Morgan fingerprint density at radius 1 is 0.923 bits per heavy atom.